The van der Waals surface area contributed by atoms with Crippen molar-refractivity contribution < 1.29 is 4.79 Å². The van der Waals surface area contributed by atoms with Gasteiger partial charge >= 0.3 is 0 Å². The predicted octanol–water partition coefficient (Wildman–Crippen LogP) is 3.35. The molecule has 3 nitrogen and oxygen atoms in total. The number of nitrogens with zero attached hydrogens (tertiary/aromatic N) is 2. The lowest BCUT2D eigenvalue weighted by Gasteiger charge is -2.12. The van der Waals surface area contributed by atoms with E-state index < -0.39 is 0 Å². The molecule has 0 N–H and O–H groups in total. The maximum atomic E-state index is 12.3. The summed E-state index contributed by atoms with van der Waals surface area (Å²) in [5.74, 6) is 0.130. The van der Waals surface area contributed by atoms with Gasteiger partial charge in [0.05, 0.1) is 10.7 Å². The van der Waals surface area contributed by atoms with Gasteiger partial charge in [-0.15, -0.1) is 0 Å². The van der Waals surface area contributed by atoms with Crippen molar-refractivity contribution in [1.29, 1.82) is 0 Å². The molecule has 0 fully saturated rings. The number of allylic oxidation sites excluding steroid dienone is 2. The smallest absolute Gasteiger partial charge is 0.207 e. The Hall–Kier alpha value is -0.900. The highest BCUT2D eigenvalue weighted by Gasteiger charge is 2.20. The molecular weight excluding hydrogens is 268 g/mol. The van der Waals surface area contributed by atoms with E-state index in [1.54, 1.807) is 10.9 Å². The fourth-order valence-electron chi connectivity index (χ4n) is 2.02. The summed E-state index contributed by atoms with van der Waals surface area (Å²) in [5, 5.41) is 4.17. The summed E-state index contributed by atoms with van der Waals surface area (Å²) in [4.78, 5) is 12.3. The molecule has 0 radical (unpaired) electrons. The first-order valence-electron chi connectivity index (χ1n) is 5.69. The van der Waals surface area contributed by atoms with Crippen molar-refractivity contribution in [2.75, 3.05) is 0 Å². The standard InChI is InChI=1S/C12H15BrN2O/c1-2-15-11(10(13)8-14-15)12(16)9-6-4-3-5-7-9/h6,8H,2-5,7H2,1H3. The molecule has 86 valence electrons. The maximum Gasteiger partial charge on any atom is 0.207 e. The van der Waals surface area contributed by atoms with E-state index in [9.17, 15) is 4.79 Å². The van der Waals surface area contributed by atoms with Gasteiger partial charge in [-0.25, -0.2) is 0 Å². The molecule has 1 heterocycles. The van der Waals surface area contributed by atoms with Crippen molar-refractivity contribution >= 4 is 21.7 Å². The van der Waals surface area contributed by atoms with Crippen molar-refractivity contribution in [2.45, 2.75) is 39.2 Å². The van der Waals surface area contributed by atoms with Crippen LogP contribution in [0.5, 0.6) is 0 Å². The van der Waals surface area contributed by atoms with Gasteiger partial charge in [0.2, 0.25) is 5.78 Å². The number of hydrogen-bond donors (Lipinski definition) is 0. The molecule has 0 bridgehead atoms. The number of aromatic nitrogens is 2. The molecule has 0 aliphatic heterocycles. The maximum absolute atomic E-state index is 12.3. The van der Waals surface area contributed by atoms with Crippen LogP contribution in [0.1, 0.15) is 43.1 Å². The quantitative estimate of drug-likeness (QED) is 0.797. The topological polar surface area (TPSA) is 34.9 Å². The number of rotatable bonds is 3. The molecule has 1 aromatic heterocycles. The zero-order valence-corrected chi connectivity index (χ0v) is 11.0. The molecule has 4 heteroatoms. The van der Waals surface area contributed by atoms with E-state index in [1.165, 1.54) is 6.42 Å². The molecular formula is C12H15BrN2O. The van der Waals surface area contributed by atoms with Crippen molar-refractivity contribution in [3.05, 3.63) is 28.0 Å². The fraction of sp³-hybridized carbons (Fsp3) is 0.500. The zero-order chi connectivity index (χ0) is 11.5. The van der Waals surface area contributed by atoms with Gasteiger partial charge in [-0.3, -0.25) is 9.48 Å². The second kappa shape index (κ2) is 4.95. The molecule has 0 saturated heterocycles. The number of carbonyl (C=O) groups is 1. The number of aryl methyl sites for hydroxylation is 1. The second-order valence-corrected chi connectivity index (χ2v) is 4.82. The average Bonchev–Trinajstić information content (AvgIpc) is 2.70. The van der Waals surface area contributed by atoms with E-state index in [4.69, 9.17) is 0 Å². The first kappa shape index (κ1) is 11.6. The van der Waals surface area contributed by atoms with Crippen LogP contribution < -0.4 is 0 Å². The van der Waals surface area contributed by atoms with Crippen molar-refractivity contribution in [3.63, 3.8) is 0 Å². The summed E-state index contributed by atoms with van der Waals surface area (Å²) in [6.45, 7) is 2.71. The third-order valence-electron chi connectivity index (χ3n) is 2.89. The Kier molecular flexibility index (Phi) is 3.59. The molecule has 1 aliphatic carbocycles. The third-order valence-corrected chi connectivity index (χ3v) is 3.47. The van der Waals surface area contributed by atoms with Crippen molar-refractivity contribution in [1.82, 2.24) is 9.78 Å². The molecule has 0 spiro atoms. The molecule has 1 aromatic rings. The Labute approximate surface area is 104 Å². The first-order chi connectivity index (χ1) is 7.74. The van der Waals surface area contributed by atoms with Crippen LogP contribution in [0.4, 0.5) is 0 Å². The van der Waals surface area contributed by atoms with Gasteiger partial charge in [0, 0.05) is 6.54 Å². The lowest BCUT2D eigenvalue weighted by Crippen LogP contribution is -2.13. The number of Topliss-reactive ketones (excluding diaryl/α,β-unsaturated/α-hetero) is 1. The molecule has 0 aromatic carbocycles. The average molecular weight is 283 g/mol. The Morgan fingerprint density at radius 2 is 2.38 bits per heavy atom. The number of hydrogen-bond acceptors (Lipinski definition) is 2. The number of carbonyl (C=O) groups excluding carboxylic acids is 1. The van der Waals surface area contributed by atoms with E-state index >= 15 is 0 Å². The minimum atomic E-state index is 0.130. The second-order valence-electron chi connectivity index (χ2n) is 3.96. The molecule has 16 heavy (non-hydrogen) atoms. The van der Waals surface area contributed by atoms with Crippen molar-refractivity contribution in [3.8, 4) is 0 Å². The normalized spacial score (nSPS) is 16.0. The van der Waals surface area contributed by atoms with Crippen LogP contribution in [-0.4, -0.2) is 15.6 Å². The first-order valence-corrected chi connectivity index (χ1v) is 6.48. The van der Waals surface area contributed by atoms with E-state index in [2.05, 4.69) is 27.1 Å². The molecule has 2 rings (SSSR count). The van der Waals surface area contributed by atoms with Gasteiger partial charge in [0.25, 0.3) is 0 Å². The fourth-order valence-corrected chi connectivity index (χ4v) is 2.50. The molecule has 0 atom stereocenters. The monoisotopic (exact) mass is 282 g/mol. The summed E-state index contributed by atoms with van der Waals surface area (Å²) in [6, 6.07) is 0. The summed E-state index contributed by atoms with van der Waals surface area (Å²) in [6.07, 6.45) is 8.02. The highest BCUT2D eigenvalue weighted by Crippen LogP contribution is 2.25. The van der Waals surface area contributed by atoms with Gasteiger partial charge in [-0.05, 0) is 54.1 Å². The summed E-state index contributed by atoms with van der Waals surface area (Å²) in [5.41, 5.74) is 1.64. The lowest BCUT2D eigenvalue weighted by atomic mass is 9.95. The minimum Gasteiger partial charge on any atom is -0.287 e. The minimum absolute atomic E-state index is 0.130. The van der Waals surface area contributed by atoms with Gasteiger partial charge in [0.15, 0.2) is 0 Å². The summed E-state index contributed by atoms with van der Waals surface area (Å²) >= 11 is 3.39. The molecule has 0 unspecified atom stereocenters. The highest BCUT2D eigenvalue weighted by atomic mass is 79.9. The van der Waals surface area contributed by atoms with E-state index in [-0.39, 0.29) is 5.78 Å². The molecule has 1 aliphatic rings. The highest BCUT2D eigenvalue weighted by molar-refractivity contribution is 9.10. The predicted molar refractivity (Wildman–Crippen MR) is 66.5 cm³/mol. The van der Waals surface area contributed by atoms with E-state index in [1.807, 2.05) is 6.92 Å². The number of ketones is 1. The van der Waals surface area contributed by atoms with Crippen LogP contribution in [0.3, 0.4) is 0 Å². The summed E-state index contributed by atoms with van der Waals surface area (Å²) < 4.78 is 2.55. The zero-order valence-electron chi connectivity index (χ0n) is 9.37. The van der Waals surface area contributed by atoms with Crippen LogP contribution in [0, 0.1) is 0 Å². The third kappa shape index (κ3) is 2.12. The van der Waals surface area contributed by atoms with Crippen LogP contribution in [-0.2, 0) is 6.54 Å². The van der Waals surface area contributed by atoms with Gasteiger partial charge in [0.1, 0.15) is 5.69 Å². The largest absolute Gasteiger partial charge is 0.287 e. The van der Waals surface area contributed by atoms with Gasteiger partial charge < -0.3 is 0 Å². The van der Waals surface area contributed by atoms with Gasteiger partial charge in [-0.2, -0.15) is 5.10 Å². The molecule has 0 saturated carbocycles. The van der Waals surface area contributed by atoms with Crippen molar-refractivity contribution in [2.24, 2.45) is 0 Å². The number of halogens is 1. The van der Waals surface area contributed by atoms with Gasteiger partial charge in [-0.1, -0.05) is 6.08 Å². The SMILES string of the molecule is CCn1ncc(Br)c1C(=O)C1=CCCCC1. The van der Waals surface area contributed by atoms with Crippen LogP contribution in [0.25, 0.3) is 0 Å². The van der Waals surface area contributed by atoms with E-state index in [0.717, 1.165) is 35.9 Å². The van der Waals surface area contributed by atoms with E-state index in [0.29, 0.717) is 5.69 Å². The molecule has 0 amide bonds. The van der Waals surface area contributed by atoms with Crippen LogP contribution in [0.15, 0.2) is 22.3 Å². The Balaban J connectivity index is 2.32. The Bertz CT molecular complexity index is 434. The lowest BCUT2D eigenvalue weighted by molar-refractivity contribution is 0.101. The van der Waals surface area contributed by atoms with Crippen LogP contribution in [0.2, 0.25) is 0 Å². The Morgan fingerprint density at radius 3 is 3.00 bits per heavy atom. The van der Waals surface area contributed by atoms with Crippen LogP contribution >= 0.6 is 15.9 Å². The Morgan fingerprint density at radius 1 is 1.56 bits per heavy atom. The summed E-state index contributed by atoms with van der Waals surface area (Å²) in [7, 11) is 0.